The predicted molar refractivity (Wildman–Crippen MR) is 106 cm³/mol. The average molecular weight is 356 g/mol. The van der Waals surface area contributed by atoms with Crippen molar-refractivity contribution in [2.45, 2.75) is 25.8 Å². The van der Waals surface area contributed by atoms with E-state index in [0.29, 0.717) is 11.7 Å². The Hall–Kier alpha value is -2.34. The van der Waals surface area contributed by atoms with Crippen molar-refractivity contribution in [3.63, 3.8) is 0 Å². The van der Waals surface area contributed by atoms with Crippen LogP contribution in [0.3, 0.4) is 0 Å². The maximum Gasteiger partial charge on any atom is 0.171 e. The van der Waals surface area contributed by atoms with Gasteiger partial charge in [-0.2, -0.15) is 0 Å². The van der Waals surface area contributed by atoms with E-state index in [1.54, 1.807) is 7.11 Å². The number of nitrogens with zero attached hydrogens (tertiary/aromatic N) is 2. The van der Waals surface area contributed by atoms with Gasteiger partial charge in [0.15, 0.2) is 5.11 Å². The molecule has 0 atom stereocenters. The minimum atomic E-state index is 0.586. The topological polar surface area (TPSA) is 49.4 Å². The summed E-state index contributed by atoms with van der Waals surface area (Å²) >= 11 is 5.36. The van der Waals surface area contributed by atoms with E-state index in [9.17, 15) is 0 Å². The third-order valence-corrected chi connectivity index (χ3v) is 4.54. The summed E-state index contributed by atoms with van der Waals surface area (Å²) in [7, 11) is 1.66. The van der Waals surface area contributed by atoms with E-state index < -0.39 is 0 Å². The van der Waals surface area contributed by atoms with Crippen molar-refractivity contribution in [2.24, 2.45) is 0 Å². The molecule has 0 unspecified atom stereocenters. The van der Waals surface area contributed by atoms with E-state index in [0.717, 1.165) is 35.9 Å². The molecule has 0 radical (unpaired) electrons. The summed E-state index contributed by atoms with van der Waals surface area (Å²) in [6.45, 7) is 2.86. The van der Waals surface area contributed by atoms with Crippen LogP contribution in [0.2, 0.25) is 0 Å². The number of piperidine rings is 1. The first-order valence-electron chi connectivity index (χ1n) is 8.63. The molecule has 0 bridgehead atoms. The van der Waals surface area contributed by atoms with Crippen molar-refractivity contribution >= 4 is 28.8 Å². The van der Waals surface area contributed by atoms with Crippen LogP contribution in [-0.2, 0) is 6.54 Å². The second kappa shape index (κ2) is 8.67. The standard InChI is InChI=1S/C19H24N4OS/c1-24-17-8-5-15(6-9-17)13-21-19(25)22-16-7-10-18(20-14-16)23-11-3-2-4-12-23/h5-10,14H,2-4,11-13H2,1H3,(H2,21,22,25). The maximum atomic E-state index is 5.36. The van der Waals surface area contributed by atoms with E-state index in [1.807, 2.05) is 36.5 Å². The number of rotatable bonds is 5. The first-order valence-corrected chi connectivity index (χ1v) is 9.04. The molecule has 1 aromatic carbocycles. The largest absolute Gasteiger partial charge is 0.497 e. The molecule has 5 nitrogen and oxygen atoms in total. The number of hydrogen-bond donors (Lipinski definition) is 2. The lowest BCUT2D eigenvalue weighted by Crippen LogP contribution is -2.30. The van der Waals surface area contributed by atoms with Crippen LogP contribution in [0.1, 0.15) is 24.8 Å². The number of hydrogen-bond acceptors (Lipinski definition) is 4. The number of anilines is 2. The Kier molecular flexibility index (Phi) is 6.06. The van der Waals surface area contributed by atoms with Gasteiger partial charge in [-0.25, -0.2) is 4.98 Å². The summed E-state index contributed by atoms with van der Waals surface area (Å²) in [6, 6.07) is 12.0. The average Bonchev–Trinajstić information content (AvgIpc) is 2.68. The van der Waals surface area contributed by atoms with Crippen molar-refractivity contribution in [1.29, 1.82) is 0 Å². The lowest BCUT2D eigenvalue weighted by atomic mass is 10.1. The molecular formula is C19H24N4OS. The molecule has 1 saturated heterocycles. The highest BCUT2D eigenvalue weighted by molar-refractivity contribution is 7.80. The number of pyridine rings is 1. The summed E-state index contributed by atoms with van der Waals surface area (Å²) in [5.41, 5.74) is 2.04. The van der Waals surface area contributed by atoms with Crippen molar-refractivity contribution in [1.82, 2.24) is 10.3 Å². The SMILES string of the molecule is COc1ccc(CNC(=S)Nc2ccc(N3CCCCC3)nc2)cc1. The van der Waals surface area contributed by atoms with E-state index >= 15 is 0 Å². The highest BCUT2D eigenvalue weighted by Gasteiger charge is 2.11. The lowest BCUT2D eigenvalue weighted by molar-refractivity contribution is 0.414. The molecule has 2 heterocycles. The zero-order chi connectivity index (χ0) is 17.5. The van der Waals surface area contributed by atoms with Crippen LogP contribution < -0.4 is 20.3 Å². The fraction of sp³-hybridized carbons (Fsp3) is 0.368. The number of ether oxygens (including phenoxy) is 1. The first-order chi connectivity index (χ1) is 12.2. The zero-order valence-electron chi connectivity index (χ0n) is 14.5. The summed E-state index contributed by atoms with van der Waals surface area (Å²) in [5, 5.41) is 6.97. The third kappa shape index (κ3) is 5.06. The first kappa shape index (κ1) is 17.5. The molecule has 0 amide bonds. The Morgan fingerprint density at radius 3 is 2.52 bits per heavy atom. The van der Waals surface area contributed by atoms with E-state index in [1.165, 1.54) is 19.3 Å². The molecule has 0 aliphatic carbocycles. The van der Waals surface area contributed by atoms with Crippen LogP contribution >= 0.6 is 12.2 Å². The second-order valence-electron chi connectivity index (χ2n) is 6.11. The summed E-state index contributed by atoms with van der Waals surface area (Å²) in [6.07, 6.45) is 5.66. The molecular weight excluding hydrogens is 332 g/mol. The Balaban J connectivity index is 1.48. The number of nitrogens with one attached hydrogen (secondary N) is 2. The van der Waals surface area contributed by atoms with Crippen molar-refractivity contribution in [2.75, 3.05) is 30.4 Å². The maximum absolute atomic E-state index is 5.36. The van der Waals surface area contributed by atoms with Crippen molar-refractivity contribution < 1.29 is 4.74 Å². The molecule has 1 aliphatic heterocycles. The van der Waals surface area contributed by atoms with E-state index in [2.05, 4.69) is 26.6 Å². The second-order valence-corrected chi connectivity index (χ2v) is 6.52. The van der Waals surface area contributed by atoms with E-state index in [-0.39, 0.29) is 0 Å². The van der Waals surface area contributed by atoms with Crippen LogP contribution in [0.15, 0.2) is 42.6 Å². The van der Waals surface area contributed by atoms with Gasteiger partial charge >= 0.3 is 0 Å². The number of methoxy groups -OCH3 is 1. The van der Waals surface area contributed by atoms with Gasteiger partial charge in [0.1, 0.15) is 11.6 Å². The quantitative estimate of drug-likeness (QED) is 0.799. The highest BCUT2D eigenvalue weighted by Crippen LogP contribution is 2.19. The Labute approximate surface area is 154 Å². The molecule has 1 aromatic heterocycles. The van der Waals surface area contributed by atoms with Crippen LogP contribution in [0, 0.1) is 0 Å². The molecule has 2 N–H and O–H groups in total. The minimum Gasteiger partial charge on any atom is -0.497 e. The minimum absolute atomic E-state index is 0.586. The fourth-order valence-corrected chi connectivity index (χ4v) is 3.06. The highest BCUT2D eigenvalue weighted by atomic mass is 32.1. The Morgan fingerprint density at radius 2 is 1.88 bits per heavy atom. The molecule has 6 heteroatoms. The Bertz CT molecular complexity index is 682. The van der Waals surface area contributed by atoms with Crippen LogP contribution in [0.5, 0.6) is 5.75 Å². The van der Waals surface area contributed by atoms with Gasteiger partial charge in [0.2, 0.25) is 0 Å². The van der Waals surface area contributed by atoms with Gasteiger partial charge in [-0.1, -0.05) is 12.1 Å². The summed E-state index contributed by atoms with van der Waals surface area (Å²) < 4.78 is 5.16. The molecule has 2 aromatic rings. The van der Waals surface area contributed by atoms with Crippen molar-refractivity contribution in [3.8, 4) is 5.75 Å². The van der Waals surface area contributed by atoms with Crippen LogP contribution in [0.25, 0.3) is 0 Å². The predicted octanol–water partition coefficient (Wildman–Crippen LogP) is 3.57. The normalized spacial score (nSPS) is 14.0. The molecule has 0 spiro atoms. The molecule has 0 saturated carbocycles. The van der Waals surface area contributed by atoms with E-state index in [4.69, 9.17) is 17.0 Å². The summed E-state index contributed by atoms with van der Waals surface area (Å²) in [5.74, 6) is 1.90. The van der Waals surface area contributed by atoms with Gasteiger partial charge < -0.3 is 20.3 Å². The smallest absolute Gasteiger partial charge is 0.171 e. The zero-order valence-corrected chi connectivity index (χ0v) is 15.3. The molecule has 1 aliphatic rings. The van der Waals surface area contributed by atoms with Gasteiger partial charge in [0.25, 0.3) is 0 Å². The van der Waals surface area contributed by atoms with Gasteiger partial charge in [-0.3, -0.25) is 0 Å². The third-order valence-electron chi connectivity index (χ3n) is 4.30. The van der Waals surface area contributed by atoms with Crippen LogP contribution in [-0.4, -0.2) is 30.3 Å². The lowest BCUT2D eigenvalue weighted by Gasteiger charge is -2.27. The summed E-state index contributed by atoms with van der Waals surface area (Å²) in [4.78, 5) is 6.90. The molecule has 3 rings (SSSR count). The monoisotopic (exact) mass is 356 g/mol. The van der Waals surface area contributed by atoms with Gasteiger partial charge in [0.05, 0.1) is 19.0 Å². The number of benzene rings is 1. The van der Waals surface area contributed by atoms with Gasteiger partial charge in [-0.15, -0.1) is 0 Å². The number of aromatic nitrogens is 1. The molecule has 1 fully saturated rings. The van der Waals surface area contributed by atoms with Crippen molar-refractivity contribution in [3.05, 3.63) is 48.2 Å². The van der Waals surface area contributed by atoms with Gasteiger partial charge in [0, 0.05) is 19.6 Å². The van der Waals surface area contributed by atoms with Gasteiger partial charge in [-0.05, 0) is 61.3 Å². The molecule has 25 heavy (non-hydrogen) atoms. The fourth-order valence-electron chi connectivity index (χ4n) is 2.87. The van der Waals surface area contributed by atoms with Crippen LogP contribution in [0.4, 0.5) is 11.5 Å². The Morgan fingerprint density at radius 1 is 1.12 bits per heavy atom. The molecule has 132 valence electrons. The number of thiocarbonyl (C=S) groups is 1.